The van der Waals surface area contributed by atoms with Crippen molar-refractivity contribution in [3.8, 4) is 0 Å². The maximum absolute atomic E-state index is 5.71. The summed E-state index contributed by atoms with van der Waals surface area (Å²) in [5.74, 6) is 2.15. The highest BCUT2D eigenvalue weighted by atomic mass is 32.1. The summed E-state index contributed by atoms with van der Waals surface area (Å²) in [6.45, 7) is 10.1. The van der Waals surface area contributed by atoms with E-state index in [0.717, 1.165) is 30.3 Å². The van der Waals surface area contributed by atoms with Crippen LogP contribution in [0.25, 0.3) is 0 Å². The predicted molar refractivity (Wildman–Crippen MR) is 75.4 cm³/mol. The molecule has 0 amide bonds. The van der Waals surface area contributed by atoms with Gasteiger partial charge in [0.05, 0.1) is 5.56 Å². The van der Waals surface area contributed by atoms with Crippen molar-refractivity contribution in [2.75, 3.05) is 18.0 Å². The normalized spacial score (nSPS) is 10.6. The summed E-state index contributed by atoms with van der Waals surface area (Å²) < 4.78 is 0. The van der Waals surface area contributed by atoms with E-state index in [9.17, 15) is 0 Å². The molecule has 0 spiro atoms. The number of aromatic nitrogens is 2. The second-order valence-electron chi connectivity index (χ2n) is 4.45. The summed E-state index contributed by atoms with van der Waals surface area (Å²) in [6, 6.07) is 0. The predicted octanol–water partition coefficient (Wildman–Crippen LogP) is 1.90. The lowest BCUT2D eigenvalue weighted by Crippen LogP contribution is -2.31. The Hall–Kier alpha value is -1.23. The molecular formula is C12H20N4S. The standard InChI is InChI=1S/C12H20N4S/c1-5-16(7-8(2)3)12-10(11(13)17)6-14-9(4)15-12/h6,8H,5,7H2,1-4H3,(H2,13,17). The van der Waals surface area contributed by atoms with Crippen molar-refractivity contribution in [3.63, 3.8) is 0 Å². The van der Waals surface area contributed by atoms with Crippen LogP contribution < -0.4 is 10.6 Å². The highest BCUT2D eigenvalue weighted by Crippen LogP contribution is 2.18. The lowest BCUT2D eigenvalue weighted by atomic mass is 10.2. The molecule has 0 bridgehead atoms. The monoisotopic (exact) mass is 252 g/mol. The molecule has 0 unspecified atom stereocenters. The molecule has 94 valence electrons. The van der Waals surface area contributed by atoms with E-state index < -0.39 is 0 Å². The zero-order chi connectivity index (χ0) is 13.0. The molecule has 1 aromatic heterocycles. The van der Waals surface area contributed by atoms with Crippen LogP contribution in [0.1, 0.15) is 32.2 Å². The van der Waals surface area contributed by atoms with E-state index in [4.69, 9.17) is 18.0 Å². The summed E-state index contributed by atoms with van der Waals surface area (Å²) in [5.41, 5.74) is 6.47. The van der Waals surface area contributed by atoms with Gasteiger partial charge in [-0.2, -0.15) is 0 Å². The van der Waals surface area contributed by atoms with E-state index >= 15 is 0 Å². The molecule has 0 aliphatic carbocycles. The second-order valence-corrected chi connectivity index (χ2v) is 4.89. The van der Waals surface area contributed by atoms with Crippen molar-refractivity contribution in [2.24, 2.45) is 11.7 Å². The number of nitrogens with zero attached hydrogens (tertiary/aromatic N) is 3. The number of hydrogen-bond acceptors (Lipinski definition) is 4. The SMILES string of the molecule is CCN(CC(C)C)c1nc(C)ncc1C(N)=S. The van der Waals surface area contributed by atoms with Gasteiger partial charge in [-0.15, -0.1) is 0 Å². The molecule has 4 nitrogen and oxygen atoms in total. The molecule has 1 heterocycles. The molecule has 0 atom stereocenters. The maximum atomic E-state index is 5.71. The third kappa shape index (κ3) is 3.63. The molecule has 0 aromatic carbocycles. The maximum Gasteiger partial charge on any atom is 0.142 e. The van der Waals surface area contributed by atoms with Crippen molar-refractivity contribution < 1.29 is 0 Å². The molecule has 17 heavy (non-hydrogen) atoms. The third-order valence-corrected chi connectivity index (χ3v) is 2.64. The van der Waals surface area contributed by atoms with Crippen LogP contribution in [0.15, 0.2) is 6.20 Å². The van der Waals surface area contributed by atoms with Crippen LogP contribution >= 0.6 is 12.2 Å². The molecule has 0 aliphatic rings. The molecule has 0 fully saturated rings. The quantitative estimate of drug-likeness (QED) is 0.811. The summed E-state index contributed by atoms with van der Waals surface area (Å²) in [7, 11) is 0. The first-order valence-electron chi connectivity index (χ1n) is 5.84. The Morgan fingerprint density at radius 3 is 2.65 bits per heavy atom. The smallest absolute Gasteiger partial charge is 0.142 e. The van der Waals surface area contributed by atoms with Gasteiger partial charge in [-0.1, -0.05) is 26.1 Å². The second kappa shape index (κ2) is 5.91. The summed E-state index contributed by atoms with van der Waals surface area (Å²) in [4.78, 5) is 11.2. The average Bonchev–Trinajstić information content (AvgIpc) is 2.25. The van der Waals surface area contributed by atoms with Crippen LogP contribution in [-0.2, 0) is 0 Å². The fraction of sp³-hybridized carbons (Fsp3) is 0.583. The van der Waals surface area contributed by atoms with Gasteiger partial charge in [-0.25, -0.2) is 9.97 Å². The lowest BCUT2D eigenvalue weighted by Gasteiger charge is -2.26. The molecule has 0 aliphatic heterocycles. The Bertz CT molecular complexity index is 403. The third-order valence-electron chi connectivity index (χ3n) is 2.42. The van der Waals surface area contributed by atoms with E-state index in [1.807, 2.05) is 6.92 Å². The molecule has 2 N–H and O–H groups in total. The molecule has 1 aromatic rings. The van der Waals surface area contributed by atoms with Crippen LogP contribution in [0.3, 0.4) is 0 Å². The summed E-state index contributed by atoms with van der Waals surface area (Å²) in [5, 5.41) is 0. The van der Waals surface area contributed by atoms with Gasteiger partial charge in [-0.3, -0.25) is 0 Å². The van der Waals surface area contributed by atoms with Gasteiger partial charge in [0.1, 0.15) is 16.6 Å². The van der Waals surface area contributed by atoms with Gasteiger partial charge in [0.2, 0.25) is 0 Å². The van der Waals surface area contributed by atoms with Gasteiger partial charge in [0.25, 0.3) is 0 Å². The van der Waals surface area contributed by atoms with E-state index in [2.05, 4.69) is 35.6 Å². The molecule has 0 saturated heterocycles. The van der Waals surface area contributed by atoms with E-state index in [1.165, 1.54) is 0 Å². The van der Waals surface area contributed by atoms with Gasteiger partial charge in [0, 0.05) is 19.3 Å². The van der Waals surface area contributed by atoms with Crippen molar-refractivity contribution in [1.82, 2.24) is 9.97 Å². The minimum absolute atomic E-state index is 0.349. The first kappa shape index (κ1) is 13.8. The topological polar surface area (TPSA) is 55.0 Å². The number of anilines is 1. The molecule has 0 saturated carbocycles. The number of nitrogens with two attached hydrogens (primary N) is 1. The number of hydrogen-bond donors (Lipinski definition) is 1. The van der Waals surface area contributed by atoms with E-state index in [0.29, 0.717) is 10.9 Å². The Morgan fingerprint density at radius 1 is 1.53 bits per heavy atom. The van der Waals surface area contributed by atoms with Crippen molar-refractivity contribution in [2.45, 2.75) is 27.7 Å². The zero-order valence-electron chi connectivity index (χ0n) is 10.9. The van der Waals surface area contributed by atoms with E-state index in [-0.39, 0.29) is 0 Å². The highest BCUT2D eigenvalue weighted by molar-refractivity contribution is 7.80. The van der Waals surface area contributed by atoms with Gasteiger partial charge >= 0.3 is 0 Å². The summed E-state index contributed by atoms with van der Waals surface area (Å²) in [6.07, 6.45) is 1.71. The van der Waals surface area contributed by atoms with Crippen molar-refractivity contribution >= 4 is 23.0 Å². The van der Waals surface area contributed by atoms with E-state index in [1.54, 1.807) is 6.20 Å². The van der Waals surface area contributed by atoms with Crippen LogP contribution in [0.2, 0.25) is 0 Å². The van der Waals surface area contributed by atoms with Crippen molar-refractivity contribution in [3.05, 3.63) is 17.6 Å². The fourth-order valence-corrected chi connectivity index (χ4v) is 1.82. The largest absolute Gasteiger partial charge is 0.389 e. The van der Waals surface area contributed by atoms with Gasteiger partial charge in [0.15, 0.2) is 0 Å². The molecular weight excluding hydrogens is 232 g/mol. The van der Waals surface area contributed by atoms with Crippen LogP contribution in [0.5, 0.6) is 0 Å². The van der Waals surface area contributed by atoms with Crippen LogP contribution in [0.4, 0.5) is 5.82 Å². The zero-order valence-corrected chi connectivity index (χ0v) is 11.7. The first-order chi connectivity index (χ1) is 7.95. The number of aryl methyl sites for hydroxylation is 1. The Kier molecular flexibility index (Phi) is 4.81. The number of rotatable bonds is 5. The van der Waals surface area contributed by atoms with Crippen molar-refractivity contribution in [1.29, 1.82) is 0 Å². The number of thiocarbonyl (C=S) groups is 1. The minimum Gasteiger partial charge on any atom is -0.389 e. The fourth-order valence-electron chi connectivity index (χ4n) is 1.68. The first-order valence-corrected chi connectivity index (χ1v) is 6.24. The van der Waals surface area contributed by atoms with Crippen LogP contribution in [0, 0.1) is 12.8 Å². The Morgan fingerprint density at radius 2 is 2.18 bits per heavy atom. The Labute approximate surface area is 108 Å². The highest BCUT2D eigenvalue weighted by Gasteiger charge is 2.15. The summed E-state index contributed by atoms with van der Waals surface area (Å²) >= 11 is 5.04. The Balaban J connectivity index is 3.15. The molecule has 1 rings (SSSR count). The minimum atomic E-state index is 0.349. The van der Waals surface area contributed by atoms with Crippen LogP contribution in [-0.4, -0.2) is 28.0 Å². The van der Waals surface area contributed by atoms with Gasteiger partial charge in [-0.05, 0) is 19.8 Å². The average molecular weight is 252 g/mol. The molecule has 5 heteroatoms. The lowest BCUT2D eigenvalue weighted by molar-refractivity contribution is 0.613. The van der Waals surface area contributed by atoms with Gasteiger partial charge < -0.3 is 10.6 Å². The molecule has 0 radical (unpaired) electrons.